The highest BCUT2D eigenvalue weighted by atomic mass is 35.5. The summed E-state index contributed by atoms with van der Waals surface area (Å²) in [5.41, 5.74) is -3.20. The second-order valence-corrected chi connectivity index (χ2v) is 14.1. The molecule has 3 aromatic carbocycles. The van der Waals surface area contributed by atoms with Crippen molar-refractivity contribution >= 4 is 74.4 Å². The Labute approximate surface area is 241 Å². The van der Waals surface area contributed by atoms with Gasteiger partial charge in [0.2, 0.25) is 0 Å². The van der Waals surface area contributed by atoms with E-state index in [1.54, 1.807) is 40.6 Å². The average Bonchev–Trinajstić information content (AvgIpc) is 3.33. The van der Waals surface area contributed by atoms with E-state index in [0.717, 1.165) is 12.3 Å². The first-order chi connectivity index (χ1) is 18.1. The van der Waals surface area contributed by atoms with Crippen LogP contribution in [0.15, 0.2) is 70.9 Å². The molecule has 15 heteroatoms. The molecule has 0 amide bonds. The maximum absolute atomic E-state index is 14.3. The van der Waals surface area contributed by atoms with Gasteiger partial charge in [-0.1, -0.05) is 59.1 Å². The van der Waals surface area contributed by atoms with E-state index >= 15 is 0 Å². The average molecular weight is 654 g/mol. The summed E-state index contributed by atoms with van der Waals surface area (Å²) in [5, 5.41) is 2.32. The largest absolute Gasteiger partial charge is 0.399 e. The van der Waals surface area contributed by atoms with E-state index in [1.165, 1.54) is 35.6 Å². The molecule has 0 spiro atoms. The molecule has 0 radical (unpaired) electrons. The molecular weight excluding hydrogens is 636 g/mol. The highest BCUT2D eigenvalue weighted by Gasteiger charge is 2.51. The first kappa shape index (κ1) is 29.9. The van der Waals surface area contributed by atoms with E-state index in [9.17, 15) is 21.8 Å². The Kier molecular flexibility index (Phi) is 8.48. The number of rotatable bonds is 8. The second kappa shape index (κ2) is 11.1. The number of anilines is 2. The summed E-state index contributed by atoms with van der Waals surface area (Å²) in [6, 6.07) is 14.5. The third kappa shape index (κ3) is 6.47. The molecule has 0 saturated heterocycles. The van der Waals surface area contributed by atoms with Crippen molar-refractivity contribution < 1.29 is 31.6 Å². The summed E-state index contributed by atoms with van der Waals surface area (Å²) in [4.78, 5) is 24.7. The quantitative estimate of drug-likeness (QED) is 0.187. The van der Waals surface area contributed by atoms with E-state index in [-0.39, 0.29) is 16.5 Å². The van der Waals surface area contributed by atoms with Crippen molar-refractivity contribution in [1.29, 1.82) is 0 Å². The molecule has 4 rings (SSSR count). The number of thiazole rings is 1. The first-order valence-corrected chi connectivity index (χ1v) is 16.3. The summed E-state index contributed by atoms with van der Waals surface area (Å²) < 4.78 is 63.4. The number of aromatic nitrogens is 1. The van der Waals surface area contributed by atoms with Gasteiger partial charge in [0.25, 0.3) is 0 Å². The van der Waals surface area contributed by atoms with Gasteiger partial charge in [0.1, 0.15) is 0 Å². The Hall–Kier alpha value is -2.08. The van der Waals surface area contributed by atoms with Crippen LogP contribution >= 0.6 is 53.7 Å². The molecule has 0 bridgehead atoms. The Morgan fingerprint density at radius 2 is 1.64 bits per heavy atom. The van der Waals surface area contributed by atoms with Gasteiger partial charge in [0.05, 0.1) is 37.8 Å². The summed E-state index contributed by atoms with van der Waals surface area (Å²) in [6.07, 6.45) is 1.12. The predicted octanol–water partition coefficient (Wildman–Crippen LogP) is 7.74. The number of benzene rings is 3. The van der Waals surface area contributed by atoms with Gasteiger partial charge >= 0.3 is 13.3 Å². The molecule has 0 aliphatic carbocycles. The summed E-state index contributed by atoms with van der Waals surface area (Å²) in [5.74, 6) is 0. The van der Waals surface area contributed by atoms with Crippen LogP contribution < -0.4 is 4.90 Å². The van der Waals surface area contributed by atoms with Gasteiger partial charge < -0.3 is 14.7 Å². The molecule has 206 valence electrons. The van der Waals surface area contributed by atoms with E-state index in [2.05, 4.69) is 4.98 Å². The zero-order valence-electron chi connectivity index (χ0n) is 19.7. The molecule has 1 heterocycles. The van der Waals surface area contributed by atoms with E-state index in [0.29, 0.717) is 32.7 Å². The van der Waals surface area contributed by atoms with Gasteiger partial charge in [-0.2, -0.15) is 8.78 Å². The minimum Gasteiger partial charge on any atom is -0.320 e. The maximum atomic E-state index is 14.3. The molecule has 39 heavy (non-hydrogen) atoms. The third-order valence-corrected chi connectivity index (χ3v) is 9.60. The van der Waals surface area contributed by atoms with Crippen LogP contribution in [0.1, 0.15) is 11.1 Å². The minimum atomic E-state index is -5.80. The smallest absolute Gasteiger partial charge is 0.320 e. The number of nitrogens with zero attached hydrogens (tertiary/aromatic N) is 2. The molecule has 7 nitrogen and oxygen atoms in total. The molecule has 1 aromatic heterocycles. The van der Waals surface area contributed by atoms with Crippen molar-refractivity contribution in [1.82, 2.24) is 4.98 Å². The maximum Gasteiger partial charge on any atom is 0.399 e. The lowest BCUT2D eigenvalue weighted by Crippen LogP contribution is -2.18. The van der Waals surface area contributed by atoms with Crippen molar-refractivity contribution in [2.45, 2.75) is 17.1 Å². The zero-order chi connectivity index (χ0) is 28.8. The normalized spacial score (nSPS) is 12.5. The number of hydrogen-bond donors (Lipinski definition) is 2. The van der Waals surface area contributed by atoms with Crippen molar-refractivity contribution in [3.8, 4) is 11.3 Å². The lowest BCUT2D eigenvalue weighted by Gasteiger charge is -2.24. The Morgan fingerprint density at radius 3 is 2.21 bits per heavy atom. The van der Waals surface area contributed by atoms with Crippen LogP contribution in [-0.2, 0) is 26.6 Å². The van der Waals surface area contributed by atoms with Gasteiger partial charge in [0, 0.05) is 22.9 Å². The fourth-order valence-electron chi connectivity index (χ4n) is 3.56. The number of sulfone groups is 1. The van der Waals surface area contributed by atoms with Crippen LogP contribution in [0, 0.1) is 0 Å². The second-order valence-electron chi connectivity index (χ2n) is 8.40. The zero-order valence-corrected chi connectivity index (χ0v) is 24.5. The van der Waals surface area contributed by atoms with Crippen molar-refractivity contribution in [2.24, 2.45) is 0 Å². The van der Waals surface area contributed by atoms with Gasteiger partial charge in [-0.25, -0.2) is 13.4 Å². The molecule has 0 fully saturated rings. The van der Waals surface area contributed by atoms with Crippen LogP contribution in [-0.4, -0.2) is 29.4 Å². The highest BCUT2D eigenvalue weighted by Crippen LogP contribution is 2.60. The number of halogens is 5. The van der Waals surface area contributed by atoms with Crippen LogP contribution in [0.5, 0.6) is 0 Å². The summed E-state index contributed by atoms with van der Waals surface area (Å²) in [7, 11) is -9.17. The molecule has 0 atom stereocenters. The number of alkyl halides is 2. The summed E-state index contributed by atoms with van der Waals surface area (Å²) >= 11 is 19.6. The van der Waals surface area contributed by atoms with Crippen molar-refractivity contribution in [2.75, 3.05) is 11.2 Å². The molecule has 0 aliphatic rings. The number of hydrogen-bond acceptors (Lipinski definition) is 6. The fraction of sp³-hybridized carbons (Fsp3) is 0.125. The minimum absolute atomic E-state index is 0.0689. The molecule has 0 aliphatic heterocycles. The van der Waals surface area contributed by atoms with Crippen molar-refractivity contribution in [3.05, 3.63) is 92.2 Å². The van der Waals surface area contributed by atoms with E-state index in [4.69, 9.17) is 44.6 Å². The van der Waals surface area contributed by atoms with Gasteiger partial charge in [0.15, 0.2) is 15.0 Å². The van der Waals surface area contributed by atoms with Gasteiger partial charge in [-0.3, -0.25) is 4.57 Å². The third-order valence-electron chi connectivity index (χ3n) is 5.58. The Morgan fingerprint density at radius 1 is 0.974 bits per heavy atom. The molecular formula is C24H18Cl3F2N2O5PS2. The van der Waals surface area contributed by atoms with Crippen LogP contribution in [0.2, 0.25) is 15.1 Å². The lowest BCUT2D eigenvalue weighted by atomic mass is 10.1. The van der Waals surface area contributed by atoms with Crippen molar-refractivity contribution in [3.63, 3.8) is 0 Å². The Balaban J connectivity index is 1.72. The van der Waals surface area contributed by atoms with Gasteiger partial charge in [-0.05, 0) is 42.0 Å². The fourth-order valence-corrected chi connectivity index (χ4v) is 6.23. The van der Waals surface area contributed by atoms with E-state index in [1.807, 2.05) is 0 Å². The van der Waals surface area contributed by atoms with E-state index < -0.39 is 33.7 Å². The monoisotopic (exact) mass is 652 g/mol. The highest BCUT2D eigenvalue weighted by molar-refractivity contribution is 7.90. The standard InChI is InChI=1S/C24H18Cl3F2N2O5PS2/c1-39(35,36)17-6-3-15(4-7-17)22-13-38-23(30-22)31(16-5-9-19(25)21(27)11-16)12-14-2-8-18(20(26)10-14)24(28,29)37(32,33)34/h2-11,13H,12H2,1H3,(H2,32,33,34). The summed E-state index contributed by atoms with van der Waals surface area (Å²) in [6.45, 7) is 0.0689. The predicted molar refractivity (Wildman–Crippen MR) is 150 cm³/mol. The van der Waals surface area contributed by atoms with Crippen LogP contribution in [0.4, 0.5) is 19.6 Å². The molecule has 4 aromatic rings. The molecule has 0 saturated carbocycles. The first-order valence-electron chi connectivity index (χ1n) is 10.8. The molecule has 0 unspecified atom stereocenters. The van der Waals surface area contributed by atoms with Crippen LogP contribution in [0.3, 0.4) is 0 Å². The topological polar surface area (TPSA) is 108 Å². The van der Waals surface area contributed by atoms with Crippen LogP contribution in [0.25, 0.3) is 11.3 Å². The molecule has 2 N–H and O–H groups in total. The van der Waals surface area contributed by atoms with Gasteiger partial charge in [-0.15, -0.1) is 11.3 Å². The Bertz CT molecular complexity index is 1700. The lowest BCUT2D eigenvalue weighted by molar-refractivity contribution is 0.0565. The SMILES string of the molecule is CS(=O)(=O)c1ccc(-c2csc(N(Cc3ccc(C(F)(F)P(=O)(O)O)c(Cl)c3)c3ccc(Cl)c(Cl)c3)n2)cc1.